The highest BCUT2D eigenvalue weighted by atomic mass is 15.2. The minimum atomic E-state index is 0.327. The number of piperidine rings is 1. The van der Waals surface area contributed by atoms with Gasteiger partial charge in [-0.05, 0) is 172 Å². The predicted molar refractivity (Wildman–Crippen MR) is 196 cm³/mol. The molecule has 6 unspecified atom stereocenters. The second-order valence-electron chi connectivity index (χ2n) is 19.7. The Morgan fingerprint density at radius 2 is 1.19 bits per heavy atom. The molecule has 0 radical (unpaired) electrons. The number of rotatable bonds is 8. The van der Waals surface area contributed by atoms with E-state index in [0.717, 1.165) is 17.8 Å². The van der Waals surface area contributed by atoms with Gasteiger partial charge in [-0.2, -0.15) is 0 Å². The maximum atomic E-state index is 4.19. The summed E-state index contributed by atoms with van der Waals surface area (Å²) in [6.07, 6.45) is 19.9. The van der Waals surface area contributed by atoms with Crippen molar-refractivity contribution in [3.63, 3.8) is 0 Å². The van der Waals surface area contributed by atoms with E-state index in [2.05, 4.69) is 82.1 Å². The first kappa shape index (κ1) is 31.1. The molecule has 8 aliphatic carbocycles. The van der Waals surface area contributed by atoms with E-state index in [4.69, 9.17) is 0 Å². The lowest BCUT2D eigenvalue weighted by Gasteiger charge is -2.67. The van der Waals surface area contributed by atoms with Crippen LogP contribution in [-0.2, 0) is 16.2 Å². The lowest BCUT2D eigenvalue weighted by Crippen LogP contribution is -2.63. The van der Waals surface area contributed by atoms with Crippen LogP contribution in [-0.4, -0.2) is 75.2 Å². The van der Waals surface area contributed by atoms with Crippen LogP contribution in [0.15, 0.2) is 54.6 Å². The van der Waals surface area contributed by atoms with Crippen LogP contribution in [0.4, 0.5) is 0 Å². The van der Waals surface area contributed by atoms with E-state index in [1.807, 2.05) is 0 Å². The van der Waals surface area contributed by atoms with Crippen LogP contribution in [0.2, 0.25) is 0 Å². The predicted octanol–water partition coefficient (Wildman–Crippen LogP) is 7.27. The minimum Gasteiger partial charge on any atom is -0.317 e. The van der Waals surface area contributed by atoms with Crippen molar-refractivity contribution in [1.29, 1.82) is 0 Å². The molecule has 2 aromatic rings. The quantitative estimate of drug-likeness (QED) is 0.316. The summed E-state index contributed by atoms with van der Waals surface area (Å²) in [5, 5.41) is 7.78. The summed E-state index contributed by atoms with van der Waals surface area (Å²) in [6.45, 7) is 10.00. The molecule has 2 aromatic carbocycles. The van der Waals surface area contributed by atoms with Crippen LogP contribution in [0.1, 0.15) is 107 Å². The Morgan fingerprint density at radius 3 is 1.85 bits per heavy atom. The third-order valence-corrected chi connectivity index (χ3v) is 16.1. The van der Waals surface area contributed by atoms with Gasteiger partial charge < -0.3 is 20.4 Å². The zero-order chi connectivity index (χ0) is 32.0. The Hall–Kier alpha value is -1.72. The SMILES string of the molecule is CN1CCN(CC23CC4CC(C2)CC(c2ccc(C56CC7CC(CNC8CCNCC8)(CC(c8ccccc8)(C7)C5)C6)cc2)(C4)C3)CC1. The van der Waals surface area contributed by atoms with Crippen molar-refractivity contribution in [1.82, 2.24) is 20.4 Å². The molecule has 10 aliphatic rings. The normalized spacial score (nSPS) is 44.1. The molecule has 2 N–H and O–H groups in total. The summed E-state index contributed by atoms with van der Waals surface area (Å²) in [5.74, 6) is 2.77. The molecular formula is C44H62N4. The van der Waals surface area contributed by atoms with Gasteiger partial charge in [-0.3, -0.25) is 0 Å². The Balaban J connectivity index is 0.948. The highest BCUT2D eigenvalue weighted by Gasteiger charge is 2.64. The molecule has 8 bridgehead atoms. The largest absolute Gasteiger partial charge is 0.317 e. The summed E-state index contributed by atoms with van der Waals surface area (Å²) in [7, 11) is 2.30. The lowest BCUT2D eigenvalue weighted by atomic mass is 9.37. The van der Waals surface area contributed by atoms with Crippen molar-refractivity contribution in [2.45, 2.75) is 112 Å². The smallest absolute Gasteiger partial charge is 0.0110 e. The van der Waals surface area contributed by atoms with E-state index in [1.165, 1.54) is 142 Å². The van der Waals surface area contributed by atoms with Gasteiger partial charge in [0.1, 0.15) is 0 Å². The Labute approximate surface area is 291 Å². The molecule has 48 heavy (non-hydrogen) atoms. The van der Waals surface area contributed by atoms with Gasteiger partial charge in [-0.1, -0.05) is 54.6 Å². The van der Waals surface area contributed by atoms with Crippen LogP contribution < -0.4 is 10.6 Å². The van der Waals surface area contributed by atoms with Crippen molar-refractivity contribution in [3.8, 4) is 0 Å². The maximum Gasteiger partial charge on any atom is 0.0110 e. The Kier molecular flexibility index (Phi) is 7.37. The molecule has 2 aliphatic heterocycles. The van der Waals surface area contributed by atoms with E-state index in [1.54, 1.807) is 16.7 Å². The van der Waals surface area contributed by atoms with Crippen LogP contribution in [0.3, 0.4) is 0 Å². The summed E-state index contributed by atoms with van der Waals surface area (Å²) in [5.41, 5.74) is 7.13. The van der Waals surface area contributed by atoms with Gasteiger partial charge in [0, 0.05) is 45.3 Å². The van der Waals surface area contributed by atoms with E-state index < -0.39 is 0 Å². The van der Waals surface area contributed by atoms with E-state index in [0.29, 0.717) is 33.1 Å². The number of benzene rings is 2. The number of likely N-dealkylation sites (N-methyl/N-ethyl adjacent to an activating group) is 1. The molecule has 12 rings (SSSR count). The third-order valence-electron chi connectivity index (χ3n) is 16.1. The van der Waals surface area contributed by atoms with Crippen molar-refractivity contribution in [2.24, 2.45) is 28.6 Å². The first-order valence-electron chi connectivity index (χ1n) is 20.4. The van der Waals surface area contributed by atoms with Crippen LogP contribution in [0.5, 0.6) is 0 Å². The molecule has 4 heteroatoms. The van der Waals surface area contributed by atoms with E-state index in [9.17, 15) is 0 Å². The molecule has 2 heterocycles. The summed E-state index contributed by atoms with van der Waals surface area (Å²) < 4.78 is 0. The van der Waals surface area contributed by atoms with Crippen LogP contribution in [0.25, 0.3) is 0 Å². The average Bonchev–Trinajstić information content (AvgIpc) is 3.08. The van der Waals surface area contributed by atoms with Gasteiger partial charge in [0.2, 0.25) is 0 Å². The Bertz CT molecular complexity index is 1460. The topological polar surface area (TPSA) is 30.5 Å². The second-order valence-corrected chi connectivity index (χ2v) is 19.7. The van der Waals surface area contributed by atoms with Gasteiger partial charge in [-0.25, -0.2) is 0 Å². The maximum absolute atomic E-state index is 4.19. The van der Waals surface area contributed by atoms with Crippen LogP contribution >= 0.6 is 0 Å². The number of nitrogens with one attached hydrogen (secondary N) is 2. The second kappa shape index (κ2) is 11.4. The van der Waals surface area contributed by atoms with Crippen molar-refractivity contribution in [3.05, 3.63) is 71.3 Å². The fourth-order valence-corrected chi connectivity index (χ4v) is 15.3. The van der Waals surface area contributed by atoms with Crippen molar-refractivity contribution in [2.75, 3.05) is 59.4 Å². The molecule has 258 valence electrons. The van der Waals surface area contributed by atoms with E-state index >= 15 is 0 Å². The summed E-state index contributed by atoms with van der Waals surface area (Å²) in [4.78, 5) is 5.38. The van der Waals surface area contributed by atoms with Gasteiger partial charge in [0.25, 0.3) is 0 Å². The molecule has 8 saturated carbocycles. The molecular weight excluding hydrogens is 585 g/mol. The van der Waals surface area contributed by atoms with Crippen molar-refractivity contribution >= 4 is 0 Å². The summed E-state index contributed by atoms with van der Waals surface area (Å²) >= 11 is 0. The zero-order valence-corrected chi connectivity index (χ0v) is 30.0. The number of hydrogen-bond donors (Lipinski definition) is 2. The lowest BCUT2D eigenvalue weighted by molar-refractivity contribution is -0.0910. The zero-order valence-electron chi connectivity index (χ0n) is 30.0. The fourth-order valence-electron chi connectivity index (χ4n) is 15.3. The third kappa shape index (κ3) is 5.20. The fraction of sp³-hybridized carbons (Fsp3) is 0.727. The van der Waals surface area contributed by atoms with Gasteiger partial charge in [0.15, 0.2) is 0 Å². The van der Waals surface area contributed by atoms with Gasteiger partial charge in [0.05, 0.1) is 0 Å². The molecule has 2 saturated heterocycles. The van der Waals surface area contributed by atoms with Crippen molar-refractivity contribution < 1.29 is 0 Å². The Morgan fingerprint density at radius 1 is 0.625 bits per heavy atom. The molecule has 0 aromatic heterocycles. The number of nitrogens with zero attached hydrogens (tertiary/aromatic N) is 2. The highest BCUT2D eigenvalue weighted by Crippen LogP contribution is 2.71. The standard InChI is InChI=1S/C44H62N4/c1-47-15-17-48(18-16-47)32-40-20-33-19-34(21-40)24-42(23-33,27-40)37-7-9-38(10-8-37)44-26-35-22-41(29-44,31-46-39-11-13-45-14-12-39)28-43(25-35,30-44)36-5-3-2-4-6-36/h2-10,33-35,39,45-46H,11-32H2,1H3. The minimum absolute atomic E-state index is 0.327. The number of hydrogen-bond acceptors (Lipinski definition) is 4. The molecule has 4 nitrogen and oxygen atoms in total. The molecule has 0 spiro atoms. The van der Waals surface area contributed by atoms with Crippen LogP contribution in [0, 0.1) is 28.6 Å². The first-order chi connectivity index (χ1) is 23.3. The highest BCUT2D eigenvalue weighted by molar-refractivity contribution is 5.42. The monoisotopic (exact) mass is 646 g/mol. The summed E-state index contributed by atoms with van der Waals surface area (Å²) in [6, 6.07) is 23.3. The molecule has 6 atom stereocenters. The molecule has 0 amide bonds. The first-order valence-corrected chi connectivity index (χ1v) is 20.4. The average molecular weight is 647 g/mol. The van der Waals surface area contributed by atoms with Gasteiger partial charge in [-0.15, -0.1) is 0 Å². The van der Waals surface area contributed by atoms with Gasteiger partial charge >= 0.3 is 0 Å². The number of piperazine rings is 1. The molecule has 10 fully saturated rings. The van der Waals surface area contributed by atoms with E-state index in [-0.39, 0.29) is 0 Å².